The first kappa shape index (κ1) is 11.5. The minimum Gasteiger partial charge on any atom is -0.441 e. The van der Waals surface area contributed by atoms with Gasteiger partial charge in [0.1, 0.15) is 0 Å². The molecule has 0 radical (unpaired) electrons. The SMILES string of the molecule is O=C(c1cccc(C2CCC2)c1)c1ccc(Cl)o1. The van der Waals surface area contributed by atoms with Gasteiger partial charge < -0.3 is 4.42 Å². The molecule has 92 valence electrons. The van der Waals surface area contributed by atoms with Gasteiger partial charge in [-0.3, -0.25) is 4.79 Å². The summed E-state index contributed by atoms with van der Waals surface area (Å²) in [6, 6.07) is 11.0. The Morgan fingerprint density at radius 1 is 1.22 bits per heavy atom. The quantitative estimate of drug-likeness (QED) is 0.764. The predicted octanol–water partition coefficient (Wildman–Crippen LogP) is 4.43. The number of furan rings is 1. The lowest BCUT2D eigenvalue weighted by Crippen LogP contribution is -2.10. The smallest absolute Gasteiger partial charge is 0.228 e. The van der Waals surface area contributed by atoms with Crippen molar-refractivity contribution in [2.24, 2.45) is 0 Å². The molecule has 3 heteroatoms. The monoisotopic (exact) mass is 260 g/mol. The Kier molecular flexibility index (Phi) is 2.96. The number of carbonyl (C=O) groups excluding carboxylic acids is 1. The number of benzene rings is 1. The van der Waals surface area contributed by atoms with E-state index in [1.807, 2.05) is 18.2 Å². The zero-order chi connectivity index (χ0) is 12.5. The molecule has 1 aromatic heterocycles. The van der Waals surface area contributed by atoms with Crippen LogP contribution in [0.4, 0.5) is 0 Å². The molecule has 0 saturated heterocycles. The van der Waals surface area contributed by atoms with Gasteiger partial charge in [0.15, 0.2) is 11.0 Å². The highest BCUT2D eigenvalue weighted by Gasteiger charge is 2.21. The summed E-state index contributed by atoms with van der Waals surface area (Å²) in [6.07, 6.45) is 3.74. The molecule has 1 aliphatic rings. The van der Waals surface area contributed by atoms with Crippen LogP contribution in [0.1, 0.15) is 46.9 Å². The van der Waals surface area contributed by atoms with Gasteiger partial charge in [0.05, 0.1) is 0 Å². The third-order valence-electron chi connectivity index (χ3n) is 3.52. The number of rotatable bonds is 3. The fourth-order valence-corrected chi connectivity index (χ4v) is 2.40. The Hall–Kier alpha value is -1.54. The van der Waals surface area contributed by atoms with E-state index in [0.29, 0.717) is 17.2 Å². The average molecular weight is 261 g/mol. The Morgan fingerprint density at radius 3 is 2.67 bits per heavy atom. The van der Waals surface area contributed by atoms with Crippen LogP contribution in [0.2, 0.25) is 5.22 Å². The molecule has 0 atom stereocenters. The van der Waals surface area contributed by atoms with E-state index in [-0.39, 0.29) is 11.0 Å². The standard InChI is InChI=1S/C15H13ClO2/c16-14-8-7-13(18-14)15(17)12-6-2-5-11(9-12)10-3-1-4-10/h2,5-10H,1,3-4H2. The van der Waals surface area contributed by atoms with Crippen LogP contribution in [0, 0.1) is 0 Å². The minimum atomic E-state index is -0.108. The van der Waals surface area contributed by atoms with Crippen molar-refractivity contribution in [1.29, 1.82) is 0 Å². The van der Waals surface area contributed by atoms with Crippen molar-refractivity contribution in [3.8, 4) is 0 Å². The van der Waals surface area contributed by atoms with Crippen LogP contribution in [0.3, 0.4) is 0 Å². The fraction of sp³-hybridized carbons (Fsp3) is 0.267. The molecule has 0 aliphatic heterocycles. The van der Waals surface area contributed by atoms with E-state index >= 15 is 0 Å². The second kappa shape index (κ2) is 4.62. The first-order valence-corrected chi connectivity index (χ1v) is 6.52. The lowest BCUT2D eigenvalue weighted by Gasteiger charge is -2.25. The maximum Gasteiger partial charge on any atom is 0.228 e. The molecule has 1 heterocycles. The largest absolute Gasteiger partial charge is 0.441 e. The molecular formula is C15H13ClO2. The lowest BCUT2D eigenvalue weighted by molar-refractivity contribution is 0.101. The number of hydrogen-bond donors (Lipinski definition) is 0. The van der Waals surface area contributed by atoms with E-state index in [9.17, 15) is 4.79 Å². The highest BCUT2D eigenvalue weighted by Crippen LogP contribution is 2.36. The summed E-state index contributed by atoms with van der Waals surface area (Å²) in [5.41, 5.74) is 1.93. The normalized spacial score (nSPS) is 15.4. The van der Waals surface area contributed by atoms with Gasteiger partial charge in [-0.05, 0) is 54.1 Å². The van der Waals surface area contributed by atoms with Crippen LogP contribution in [-0.4, -0.2) is 5.78 Å². The zero-order valence-corrected chi connectivity index (χ0v) is 10.6. The molecule has 0 amide bonds. The molecule has 2 nitrogen and oxygen atoms in total. The maximum absolute atomic E-state index is 12.2. The molecule has 0 unspecified atom stereocenters. The number of ketones is 1. The molecule has 3 rings (SSSR count). The van der Waals surface area contributed by atoms with Crippen molar-refractivity contribution < 1.29 is 9.21 Å². The van der Waals surface area contributed by atoms with Gasteiger partial charge >= 0.3 is 0 Å². The summed E-state index contributed by atoms with van der Waals surface area (Å²) in [5, 5.41) is 0.244. The molecule has 1 aliphatic carbocycles. The third-order valence-corrected chi connectivity index (χ3v) is 3.73. The molecule has 0 bridgehead atoms. The maximum atomic E-state index is 12.2. The molecule has 1 saturated carbocycles. The minimum absolute atomic E-state index is 0.108. The first-order valence-electron chi connectivity index (χ1n) is 6.14. The Labute approximate surface area is 111 Å². The summed E-state index contributed by atoms with van der Waals surface area (Å²) in [4.78, 5) is 12.2. The summed E-state index contributed by atoms with van der Waals surface area (Å²) in [7, 11) is 0. The topological polar surface area (TPSA) is 30.2 Å². The van der Waals surface area contributed by atoms with Crippen LogP contribution in [0.25, 0.3) is 0 Å². The van der Waals surface area contributed by atoms with E-state index in [1.54, 1.807) is 12.1 Å². The number of carbonyl (C=O) groups is 1. The Balaban J connectivity index is 1.89. The molecule has 1 aromatic carbocycles. The van der Waals surface area contributed by atoms with Gasteiger partial charge in [0.25, 0.3) is 0 Å². The van der Waals surface area contributed by atoms with E-state index in [2.05, 4.69) is 6.07 Å². The molecule has 1 fully saturated rings. The Bertz CT molecular complexity index is 582. The van der Waals surface area contributed by atoms with Crippen molar-refractivity contribution in [3.05, 3.63) is 58.5 Å². The van der Waals surface area contributed by atoms with Gasteiger partial charge in [-0.1, -0.05) is 24.6 Å². The first-order chi connectivity index (χ1) is 8.74. The number of halogens is 1. The summed E-state index contributed by atoms with van der Waals surface area (Å²) in [5.74, 6) is 0.812. The van der Waals surface area contributed by atoms with Crippen molar-refractivity contribution in [2.75, 3.05) is 0 Å². The van der Waals surface area contributed by atoms with E-state index in [0.717, 1.165) is 0 Å². The van der Waals surface area contributed by atoms with Gasteiger partial charge in [-0.15, -0.1) is 0 Å². The van der Waals surface area contributed by atoms with Crippen molar-refractivity contribution >= 4 is 17.4 Å². The van der Waals surface area contributed by atoms with Crippen LogP contribution >= 0.6 is 11.6 Å². The van der Waals surface area contributed by atoms with Crippen LogP contribution < -0.4 is 0 Å². The molecule has 18 heavy (non-hydrogen) atoms. The summed E-state index contributed by atoms with van der Waals surface area (Å²) < 4.78 is 5.16. The van der Waals surface area contributed by atoms with Gasteiger partial charge in [0, 0.05) is 5.56 Å². The van der Waals surface area contributed by atoms with Crippen molar-refractivity contribution in [2.45, 2.75) is 25.2 Å². The molecule has 0 N–H and O–H groups in total. The second-order valence-corrected chi connectivity index (χ2v) is 5.06. The van der Waals surface area contributed by atoms with Crippen molar-refractivity contribution in [3.63, 3.8) is 0 Å². The summed E-state index contributed by atoms with van der Waals surface area (Å²) in [6.45, 7) is 0. The van der Waals surface area contributed by atoms with E-state index < -0.39 is 0 Å². The Morgan fingerprint density at radius 2 is 2.06 bits per heavy atom. The van der Waals surface area contributed by atoms with E-state index in [1.165, 1.54) is 24.8 Å². The molecule has 0 spiro atoms. The average Bonchev–Trinajstić information content (AvgIpc) is 2.73. The van der Waals surface area contributed by atoms with E-state index in [4.69, 9.17) is 16.0 Å². The van der Waals surface area contributed by atoms with Crippen LogP contribution in [0.15, 0.2) is 40.8 Å². The molecule has 2 aromatic rings. The van der Waals surface area contributed by atoms with Gasteiger partial charge in [0.2, 0.25) is 5.78 Å². The van der Waals surface area contributed by atoms with Crippen LogP contribution in [-0.2, 0) is 0 Å². The fourth-order valence-electron chi connectivity index (χ4n) is 2.25. The zero-order valence-electron chi connectivity index (χ0n) is 9.86. The molecular weight excluding hydrogens is 248 g/mol. The lowest BCUT2D eigenvalue weighted by atomic mass is 9.79. The van der Waals surface area contributed by atoms with Crippen molar-refractivity contribution in [1.82, 2.24) is 0 Å². The second-order valence-electron chi connectivity index (χ2n) is 4.69. The summed E-state index contributed by atoms with van der Waals surface area (Å²) >= 11 is 5.69. The predicted molar refractivity (Wildman–Crippen MR) is 70.2 cm³/mol. The number of hydrogen-bond acceptors (Lipinski definition) is 2. The van der Waals surface area contributed by atoms with Crippen LogP contribution in [0.5, 0.6) is 0 Å². The highest BCUT2D eigenvalue weighted by molar-refractivity contribution is 6.29. The highest BCUT2D eigenvalue weighted by atomic mass is 35.5. The van der Waals surface area contributed by atoms with Gasteiger partial charge in [-0.2, -0.15) is 0 Å². The van der Waals surface area contributed by atoms with Gasteiger partial charge in [-0.25, -0.2) is 0 Å². The third kappa shape index (κ3) is 2.08.